The summed E-state index contributed by atoms with van der Waals surface area (Å²) in [4.78, 5) is 40.4. The lowest BCUT2D eigenvalue weighted by Gasteiger charge is -2.64. The number of hydrogen-bond acceptors (Lipinski definition) is 10. The Labute approximate surface area is 329 Å². The molecule has 3 aromatic rings. The van der Waals surface area contributed by atoms with Gasteiger partial charge in [0, 0.05) is 90.6 Å². The summed E-state index contributed by atoms with van der Waals surface area (Å²) in [6, 6.07) is 11.7. The number of para-hydroxylation sites is 1. The van der Waals surface area contributed by atoms with Crippen LogP contribution in [0.3, 0.4) is 0 Å². The minimum Gasteiger partial charge on any atom is -0.496 e. The summed E-state index contributed by atoms with van der Waals surface area (Å²) in [6.07, 6.45) is 8.63. The maximum Gasteiger partial charge on any atom is 0.342 e. The molecule has 1 saturated carbocycles. The van der Waals surface area contributed by atoms with Crippen LogP contribution in [0.4, 0.5) is 5.69 Å². The van der Waals surface area contributed by atoms with Gasteiger partial charge in [-0.1, -0.05) is 55.8 Å². The molecular formula is C45H56N4O7. The van der Waals surface area contributed by atoms with Gasteiger partial charge < -0.3 is 33.9 Å². The van der Waals surface area contributed by atoms with Gasteiger partial charge in [0.15, 0.2) is 0 Å². The van der Waals surface area contributed by atoms with Crippen LogP contribution in [0.25, 0.3) is 10.9 Å². The van der Waals surface area contributed by atoms with E-state index in [1.165, 1.54) is 19.8 Å². The number of nitrogens with one attached hydrogen (secondary N) is 1. The van der Waals surface area contributed by atoms with Crippen molar-refractivity contribution >= 4 is 28.5 Å². The average Bonchev–Trinajstić information content (AvgIpc) is 3.87. The zero-order valence-corrected chi connectivity index (χ0v) is 33.8. The maximum absolute atomic E-state index is 15.2. The number of H-pyrrole nitrogens is 1. The number of aliphatic hydroxyl groups is 1. The van der Waals surface area contributed by atoms with Gasteiger partial charge in [-0.15, -0.1) is 0 Å². The molecule has 11 heteroatoms. The number of carbonyl (C=O) groups is 2. The predicted octanol–water partition coefficient (Wildman–Crippen LogP) is 5.23. The molecule has 56 heavy (non-hydrogen) atoms. The second kappa shape index (κ2) is 13.2. The first-order chi connectivity index (χ1) is 27.0. The molecule has 1 spiro atoms. The third-order valence-corrected chi connectivity index (χ3v) is 14.8. The summed E-state index contributed by atoms with van der Waals surface area (Å²) in [5.74, 6) is -0.438. The van der Waals surface area contributed by atoms with Crippen LogP contribution in [-0.2, 0) is 41.2 Å². The third kappa shape index (κ3) is 4.60. The highest BCUT2D eigenvalue weighted by molar-refractivity contribution is 5.95. The van der Waals surface area contributed by atoms with Gasteiger partial charge in [-0.3, -0.25) is 14.6 Å². The average molecular weight is 765 g/mol. The number of nitrogens with zero attached hydrogens (tertiary/aromatic N) is 3. The molecule has 2 aromatic carbocycles. The summed E-state index contributed by atoms with van der Waals surface area (Å²) >= 11 is 0. The number of methoxy groups -OCH3 is 3. The molecule has 2 N–H and O–H groups in total. The van der Waals surface area contributed by atoms with Gasteiger partial charge in [0.05, 0.1) is 27.4 Å². The number of aromatic amines is 1. The van der Waals surface area contributed by atoms with Crippen LogP contribution in [0.5, 0.6) is 5.75 Å². The summed E-state index contributed by atoms with van der Waals surface area (Å²) in [5.41, 5.74) is 2.05. The molecule has 1 aliphatic carbocycles. The first-order valence-corrected chi connectivity index (χ1v) is 20.4. The molecule has 11 nitrogen and oxygen atoms in total. The van der Waals surface area contributed by atoms with Crippen molar-refractivity contribution in [2.45, 2.75) is 87.6 Å². The molecule has 3 unspecified atom stereocenters. The highest BCUT2D eigenvalue weighted by Crippen LogP contribution is 2.68. The van der Waals surface area contributed by atoms with Gasteiger partial charge in [0.1, 0.15) is 17.3 Å². The Kier molecular flexibility index (Phi) is 8.82. The van der Waals surface area contributed by atoms with Crippen molar-refractivity contribution in [3.8, 4) is 5.75 Å². The van der Waals surface area contributed by atoms with Gasteiger partial charge in [-0.25, -0.2) is 4.79 Å². The standard InChI is InChI=1S/C45H56N4O7/c1-8-27-20-28-23-44(40(50)54-6,36-30(26-48(24-27)25-28)29-14-11-12-15-33(29)46-36)32-21-31-34(22-35(32)53-5)47(4)38-43(31)17-19-49-18-13-16-42(9-2,37(43)49)39(56-10-3)45(38,52)41(51)55-7/h11-16,20-22,28,37-39,46,52H,8-10,17-19,23-26H2,1-7H3/t28-,37-,38+,39+,42+,43?,44-,45?/m0/s1. The van der Waals surface area contributed by atoms with Crippen molar-refractivity contribution < 1.29 is 33.6 Å². The van der Waals surface area contributed by atoms with E-state index < -0.39 is 40.0 Å². The van der Waals surface area contributed by atoms with Crippen molar-refractivity contribution in [2.75, 3.05) is 66.1 Å². The normalized spacial score (nSPS) is 35.5. The Morgan fingerprint density at radius 2 is 1.79 bits per heavy atom. The monoisotopic (exact) mass is 764 g/mol. The van der Waals surface area contributed by atoms with Gasteiger partial charge in [0.25, 0.3) is 0 Å². The minimum atomic E-state index is -2.03. The largest absolute Gasteiger partial charge is 0.496 e. The van der Waals surface area contributed by atoms with Crippen LogP contribution in [0.1, 0.15) is 68.8 Å². The Hall–Kier alpha value is -4.16. The molecule has 6 heterocycles. The van der Waals surface area contributed by atoms with Crippen LogP contribution in [0.2, 0.25) is 0 Å². The third-order valence-electron chi connectivity index (χ3n) is 14.8. The number of likely N-dealkylation sites (N-methyl/N-ethyl adjacent to an activating group) is 1. The molecule has 298 valence electrons. The predicted molar refractivity (Wildman–Crippen MR) is 214 cm³/mol. The first kappa shape index (κ1) is 37.4. The lowest BCUT2D eigenvalue weighted by molar-refractivity contribution is -0.229. The molecule has 2 bridgehead atoms. The van der Waals surface area contributed by atoms with E-state index in [1.54, 1.807) is 7.11 Å². The van der Waals surface area contributed by atoms with Crippen LogP contribution >= 0.6 is 0 Å². The Morgan fingerprint density at radius 1 is 1.00 bits per heavy atom. The second-order valence-corrected chi connectivity index (χ2v) is 17.0. The molecule has 0 amide bonds. The minimum absolute atomic E-state index is 0.0631. The topological polar surface area (TPSA) is 117 Å². The summed E-state index contributed by atoms with van der Waals surface area (Å²) in [5, 5.41) is 14.4. The Morgan fingerprint density at radius 3 is 2.50 bits per heavy atom. The lowest BCUT2D eigenvalue weighted by Crippen LogP contribution is -2.81. The van der Waals surface area contributed by atoms with Gasteiger partial charge in [0.2, 0.25) is 5.60 Å². The summed E-state index contributed by atoms with van der Waals surface area (Å²) in [7, 11) is 6.45. The number of aromatic nitrogens is 1. The number of ether oxygens (including phenoxy) is 4. The number of hydrogen-bond donors (Lipinski definition) is 2. The molecule has 9 atom stereocenters. The van der Waals surface area contributed by atoms with E-state index in [2.05, 4.69) is 76.0 Å². The van der Waals surface area contributed by atoms with Gasteiger partial charge in [-0.05, 0) is 68.3 Å². The van der Waals surface area contributed by atoms with E-state index in [0.29, 0.717) is 38.2 Å². The molecular weight excluding hydrogens is 709 g/mol. The van der Waals surface area contributed by atoms with E-state index in [4.69, 9.17) is 18.9 Å². The number of fused-ring (bicyclic) bond motifs is 6. The van der Waals surface area contributed by atoms with Crippen molar-refractivity contribution in [1.29, 1.82) is 0 Å². The molecule has 2 fully saturated rings. The van der Waals surface area contributed by atoms with Gasteiger partial charge in [-0.2, -0.15) is 0 Å². The number of esters is 2. The van der Waals surface area contributed by atoms with Gasteiger partial charge >= 0.3 is 11.9 Å². The zero-order valence-electron chi connectivity index (χ0n) is 33.8. The number of anilines is 1. The van der Waals surface area contributed by atoms with Crippen molar-refractivity contribution in [1.82, 2.24) is 14.8 Å². The van der Waals surface area contributed by atoms with Crippen molar-refractivity contribution in [3.63, 3.8) is 0 Å². The highest BCUT2D eigenvalue weighted by atomic mass is 16.6. The van der Waals surface area contributed by atoms with E-state index in [0.717, 1.165) is 71.6 Å². The van der Waals surface area contributed by atoms with Crippen molar-refractivity contribution in [2.24, 2.45) is 11.3 Å². The molecule has 9 rings (SSSR count). The van der Waals surface area contributed by atoms with Crippen LogP contribution < -0.4 is 9.64 Å². The van der Waals surface area contributed by atoms with E-state index in [-0.39, 0.29) is 17.9 Å². The molecule has 1 saturated heterocycles. The van der Waals surface area contributed by atoms with E-state index >= 15 is 4.79 Å². The maximum atomic E-state index is 15.2. The Balaban J connectivity index is 1.37. The Bertz CT molecular complexity index is 2160. The molecule has 5 aliphatic heterocycles. The number of benzene rings is 2. The fourth-order valence-electron chi connectivity index (χ4n) is 12.9. The SMILES string of the molecule is CCO[C@H]1C(O)(C(=O)OC)[C@@H]2N(C)c3cc(OC)c([C@@]4(C(=O)OC)C[C@@H]5C=C(CC)CN(Cc6c4[nH]c4ccccc64)C5)cc3C23CCN2CC=C[C@]1(CC)[C@H]23. The lowest BCUT2D eigenvalue weighted by atomic mass is 9.47. The molecule has 6 aliphatic rings. The summed E-state index contributed by atoms with van der Waals surface area (Å²) in [6.45, 7) is 10.5. The fourth-order valence-corrected chi connectivity index (χ4v) is 12.9. The second-order valence-electron chi connectivity index (χ2n) is 17.0. The molecule has 0 radical (unpaired) electrons. The fraction of sp³-hybridized carbons (Fsp3) is 0.556. The van der Waals surface area contributed by atoms with Crippen molar-refractivity contribution in [3.05, 3.63) is 82.6 Å². The highest BCUT2D eigenvalue weighted by Gasteiger charge is 2.79. The van der Waals surface area contributed by atoms with Crippen LogP contribution in [0, 0.1) is 11.3 Å². The number of carbonyl (C=O) groups excluding carboxylic acids is 2. The first-order valence-electron chi connectivity index (χ1n) is 20.4. The van der Waals surface area contributed by atoms with E-state index in [1.807, 2.05) is 26.1 Å². The number of rotatable bonds is 8. The zero-order chi connectivity index (χ0) is 39.4. The van der Waals surface area contributed by atoms with E-state index in [9.17, 15) is 9.90 Å². The van der Waals surface area contributed by atoms with Crippen LogP contribution in [-0.4, -0.2) is 117 Å². The molecule has 1 aromatic heterocycles. The summed E-state index contributed by atoms with van der Waals surface area (Å²) < 4.78 is 24.4. The smallest absolute Gasteiger partial charge is 0.342 e. The quantitative estimate of drug-likeness (QED) is 0.234. The van der Waals surface area contributed by atoms with Crippen LogP contribution in [0.15, 0.2) is 60.2 Å².